The van der Waals surface area contributed by atoms with Gasteiger partial charge >= 0.3 is 16.4 Å². The molecule has 0 spiro atoms. The minimum absolute atomic E-state index is 0.417. The van der Waals surface area contributed by atoms with Crippen molar-refractivity contribution in [2.45, 2.75) is 16.4 Å². The molecule has 0 saturated carbocycles. The maximum absolute atomic E-state index is 12.7. The van der Waals surface area contributed by atoms with Crippen LogP contribution in [0.1, 0.15) is 0 Å². The van der Waals surface area contributed by atoms with Crippen molar-refractivity contribution in [3.8, 4) is 0 Å². The van der Waals surface area contributed by atoms with Crippen molar-refractivity contribution in [2.24, 2.45) is 0 Å². The van der Waals surface area contributed by atoms with Crippen LogP contribution in [0.2, 0.25) is 0 Å². The Morgan fingerprint density at radius 2 is 0.824 bits per heavy atom. The fourth-order valence-corrected chi connectivity index (χ4v) is 1.89. The van der Waals surface area contributed by atoms with Gasteiger partial charge in [0.1, 0.15) is 0 Å². The average Bonchev–Trinajstić information content (AvgIpc) is 1.98. The fourth-order valence-electron chi connectivity index (χ4n) is 0.635. The normalized spacial score (nSPS) is 16.0. The zero-order valence-electron chi connectivity index (χ0n) is 8.22. The molecule has 0 unspecified atom stereocenters. The second-order valence-corrected chi connectivity index (χ2v) is 7.27. The lowest BCUT2D eigenvalue weighted by molar-refractivity contribution is -0.243. The Morgan fingerprint density at radius 3 is 0.941 bits per heavy atom. The summed E-state index contributed by atoms with van der Waals surface area (Å²) in [6, 6.07) is 0. The minimum atomic E-state index is -6.58. The number of rotatable bonds is 4. The molecule has 0 rings (SSSR count). The molecule has 4 nitrogen and oxygen atoms in total. The Labute approximate surface area is 92.4 Å². The molecule has 104 valence electrons. The molecule has 0 saturated heterocycles. The van der Waals surface area contributed by atoms with Crippen LogP contribution in [0.3, 0.4) is 0 Å². The highest BCUT2D eigenvalue weighted by Gasteiger charge is 2.80. The molecule has 17 heavy (non-hydrogen) atoms. The van der Waals surface area contributed by atoms with Gasteiger partial charge in [-0.25, -0.2) is 16.8 Å². The summed E-state index contributed by atoms with van der Waals surface area (Å²) < 4.78 is 117. The summed E-state index contributed by atoms with van der Waals surface area (Å²) in [7, 11) is -11.9. The van der Waals surface area contributed by atoms with Crippen molar-refractivity contribution in [1.82, 2.24) is 0 Å². The lowest BCUT2D eigenvalue weighted by Gasteiger charge is -2.30. The van der Waals surface area contributed by atoms with Crippen LogP contribution in [0.5, 0.6) is 0 Å². The molecule has 0 atom stereocenters. The number of halogens is 6. The maximum Gasteiger partial charge on any atom is 0.414 e. The Kier molecular flexibility index (Phi) is 3.62. The highest BCUT2D eigenvalue weighted by Crippen LogP contribution is 2.50. The van der Waals surface area contributed by atoms with Gasteiger partial charge < -0.3 is 0 Å². The summed E-state index contributed by atoms with van der Waals surface area (Å²) in [6.07, 6.45) is -0.835. The number of alkyl halides is 6. The van der Waals surface area contributed by atoms with Gasteiger partial charge in [0, 0.05) is 12.5 Å². The number of hydrogen-bond acceptors (Lipinski definition) is 4. The SMILES string of the molecule is CS(=O)(=O)C(F)(F)C(F)(F)C(F)(F)S(C)(=O)=O. The first kappa shape index (κ1) is 16.5. The Balaban J connectivity index is 6.10. The average molecular weight is 308 g/mol. The van der Waals surface area contributed by atoms with E-state index in [9.17, 15) is 43.2 Å². The monoisotopic (exact) mass is 308 g/mol. The van der Waals surface area contributed by atoms with Gasteiger partial charge in [-0.15, -0.1) is 0 Å². The smallest absolute Gasteiger partial charge is 0.223 e. The second kappa shape index (κ2) is 3.73. The van der Waals surface area contributed by atoms with E-state index in [1.165, 1.54) is 0 Å². The predicted molar refractivity (Wildman–Crippen MR) is 44.5 cm³/mol. The van der Waals surface area contributed by atoms with Gasteiger partial charge in [0.15, 0.2) is 0 Å². The lowest BCUT2D eigenvalue weighted by Crippen LogP contribution is -2.60. The van der Waals surface area contributed by atoms with Gasteiger partial charge in [0.2, 0.25) is 19.7 Å². The first-order valence-corrected chi connectivity index (χ1v) is 7.31. The van der Waals surface area contributed by atoms with E-state index in [2.05, 4.69) is 0 Å². The molecule has 0 aromatic carbocycles. The molecule has 0 aliphatic carbocycles. The van der Waals surface area contributed by atoms with E-state index in [4.69, 9.17) is 0 Å². The summed E-state index contributed by atoms with van der Waals surface area (Å²) in [5.74, 6) is -6.58. The van der Waals surface area contributed by atoms with E-state index in [0.717, 1.165) is 0 Å². The van der Waals surface area contributed by atoms with Crippen molar-refractivity contribution < 1.29 is 43.2 Å². The highest BCUT2D eigenvalue weighted by atomic mass is 32.2. The molecule has 12 heteroatoms. The molecule has 0 heterocycles. The third kappa shape index (κ3) is 2.23. The Hall–Kier alpha value is -0.520. The van der Waals surface area contributed by atoms with Gasteiger partial charge in [-0.2, -0.15) is 26.3 Å². The number of sulfone groups is 2. The van der Waals surface area contributed by atoms with Crippen LogP contribution in [-0.2, 0) is 19.7 Å². The minimum Gasteiger partial charge on any atom is -0.223 e. The van der Waals surface area contributed by atoms with Gasteiger partial charge in [0.25, 0.3) is 0 Å². The van der Waals surface area contributed by atoms with Crippen LogP contribution in [-0.4, -0.2) is 45.8 Å². The Bertz CT molecular complexity index is 459. The predicted octanol–water partition coefficient (Wildman–Crippen LogP) is 0.897. The van der Waals surface area contributed by atoms with E-state index >= 15 is 0 Å². The summed E-state index contributed by atoms with van der Waals surface area (Å²) in [6.45, 7) is 0. The van der Waals surface area contributed by atoms with E-state index in [1.54, 1.807) is 0 Å². The van der Waals surface area contributed by atoms with Crippen molar-refractivity contribution in [3.05, 3.63) is 0 Å². The van der Waals surface area contributed by atoms with Crippen LogP contribution < -0.4 is 0 Å². The van der Waals surface area contributed by atoms with Crippen molar-refractivity contribution in [3.63, 3.8) is 0 Å². The molecule has 0 amide bonds. The van der Waals surface area contributed by atoms with E-state index in [0.29, 0.717) is 0 Å². The molecule has 0 N–H and O–H groups in total. The molecule has 0 bridgehead atoms. The highest BCUT2D eigenvalue weighted by molar-refractivity contribution is 7.92. The van der Waals surface area contributed by atoms with Crippen LogP contribution in [0.15, 0.2) is 0 Å². The van der Waals surface area contributed by atoms with Crippen LogP contribution >= 0.6 is 0 Å². The van der Waals surface area contributed by atoms with E-state index in [-0.39, 0.29) is 0 Å². The largest absolute Gasteiger partial charge is 0.414 e. The topological polar surface area (TPSA) is 68.3 Å². The summed E-state index contributed by atoms with van der Waals surface area (Å²) >= 11 is 0. The van der Waals surface area contributed by atoms with Crippen molar-refractivity contribution in [1.29, 1.82) is 0 Å². The molecule has 0 aliphatic heterocycles. The standard InChI is InChI=1S/C5H6F6O4S2/c1-16(12,13)4(8,9)3(6,7)5(10,11)17(2,14)15/h1-2H3. The third-order valence-corrected chi connectivity index (χ3v) is 4.04. The summed E-state index contributed by atoms with van der Waals surface area (Å²) in [5, 5.41) is -12.4. The van der Waals surface area contributed by atoms with Crippen LogP contribution in [0.4, 0.5) is 26.3 Å². The zero-order chi connectivity index (χ0) is 14.5. The fraction of sp³-hybridized carbons (Fsp3) is 1.00. The van der Waals surface area contributed by atoms with Crippen LogP contribution in [0.25, 0.3) is 0 Å². The second-order valence-electron chi connectivity index (χ2n) is 3.15. The summed E-state index contributed by atoms with van der Waals surface area (Å²) in [4.78, 5) is 0. The van der Waals surface area contributed by atoms with Crippen LogP contribution in [0, 0.1) is 0 Å². The van der Waals surface area contributed by atoms with E-state index < -0.39 is 48.6 Å². The molecule has 0 aromatic heterocycles. The quantitative estimate of drug-likeness (QED) is 0.724. The van der Waals surface area contributed by atoms with E-state index in [1.807, 2.05) is 0 Å². The molecule has 0 fully saturated rings. The van der Waals surface area contributed by atoms with Crippen molar-refractivity contribution >= 4 is 19.7 Å². The van der Waals surface area contributed by atoms with Gasteiger partial charge in [-0.05, 0) is 0 Å². The first-order valence-electron chi connectivity index (χ1n) is 3.53. The first-order chi connectivity index (χ1) is 7.00. The van der Waals surface area contributed by atoms with Crippen molar-refractivity contribution in [2.75, 3.05) is 12.5 Å². The molecule has 0 aromatic rings. The lowest BCUT2D eigenvalue weighted by atomic mass is 10.3. The summed E-state index contributed by atoms with van der Waals surface area (Å²) in [5.41, 5.74) is 0. The molecule has 0 aliphatic rings. The van der Waals surface area contributed by atoms with Gasteiger partial charge in [-0.1, -0.05) is 0 Å². The molecule has 0 radical (unpaired) electrons. The third-order valence-electron chi connectivity index (χ3n) is 1.66. The van der Waals surface area contributed by atoms with Gasteiger partial charge in [0.05, 0.1) is 0 Å². The maximum atomic E-state index is 12.7. The Morgan fingerprint density at radius 1 is 0.647 bits per heavy atom. The molecular formula is C5H6F6O4S2. The number of hydrogen-bond donors (Lipinski definition) is 0. The molecular weight excluding hydrogens is 302 g/mol. The van der Waals surface area contributed by atoms with Gasteiger partial charge in [-0.3, -0.25) is 0 Å². The zero-order valence-corrected chi connectivity index (χ0v) is 9.85.